The average Bonchev–Trinajstić information content (AvgIpc) is 3.11. The van der Waals surface area contributed by atoms with Crippen molar-refractivity contribution in [2.24, 2.45) is 5.73 Å². The maximum absolute atomic E-state index is 12.8. The Labute approximate surface area is 161 Å². The first-order valence-electron chi connectivity index (χ1n) is 7.83. The largest absolute Gasteiger partial charge is 0.451 e. The first-order valence-corrected chi connectivity index (χ1v) is 8.21. The Hall–Kier alpha value is -3.26. The lowest BCUT2D eigenvalue weighted by Gasteiger charge is -2.07. The number of carbonyl (C=O) groups is 2. The smallest absolute Gasteiger partial charge is 0.416 e. The third-order valence-corrected chi connectivity index (χ3v) is 4.11. The molecule has 0 aliphatic heterocycles. The van der Waals surface area contributed by atoms with Gasteiger partial charge < -0.3 is 15.5 Å². The van der Waals surface area contributed by atoms with Gasteiger partial charge in [-0.25, -0.2) is 0 Å². The van der Waals surface area contributed by atoms with E-state index in [1.54, 1.807) is 0 Å². The molecule has 0 unspecified atom stereocenters. The van der Waals surface area contributed by atoms with Gasteiger partial charge in [-0.15, -0.1) is 0 Å². The minimum Gasteiger partial charge on any atom is -0.451 e. The summed E-state index contributed by atoms with van der Waals surface area (Å²) in [6, 6.07) is 11.4. The van der Waals surface area contributed by atoms with Crippen molar-refractivity contribution < 1.29 is 27.2 Å². The molecule has 1 aromatic heterocycles. The van der Waals surface area contributed by atoms with E-state index in [4.69, 9.17) is 21.8 Å². The van der Waals surface area contributed by atoms with Gasteiger partial charge in [0.15, 0.2) is 5.76 Å². The number of anilines is 1. The first-order chi connectivity index (χ1) is 13.1. The summed E-state index contributed by atoms with van der Waals surface area (Å²) >= 11 is 5.92. The van der Waals surface area contributed by atoms with Gasteiger partial charge in [-0.2, -0.15) is 13.2 Å². The van der Waals surface area contributed by atoms with Crippen LogP contribution in [-0.4, -0.2) is 11.8 Å². The van der Waals surface area contributed by atoms with Gasteiger partial charge in [-0.3, -0.25) is 9.59 Å². The molecule has 1 heterocycles. The fraction of sp³-hybridized carbons (Fsp3) is 0.0526. The highest BCUT2D eigenvalue weighted by Gasteiger charge is 2.30. The van der Waals surface area contributed by atoms with Crippen molar-refractivity contribution >= 4 is 29.1 Å². The van der Waals surface area contributed by atoms with Crippen LogP contribution in [0.3, 0.4) is 0 Å². The van der Waals surface area contributed by atoms with E-state index >= 15 is 0 Å². The van der Waals surface area contributed by atoms with Crippen LogP contribution in [0.15, 0.2) is 59.0 Å². The van der Waals surface area contributed by atoms with Gasteiger partial charge in [0.25, 0.3) is 5.91 Å². The predicted octanol–water partition coefficient (Wildman–Crippen LogP) is 4.97. The molecule has 28 heavy (non-hydrogen) atoms. The maximum Gasteiger partial charge on any atom is 0.416 e. The number of primary amides is 1. The zero-order chi connectivity index (χ0) is 20.5. The fourth-order valence-corrected chi connectivity index (χ4v) is 2.72. The topological polar surface area (TPSA) is 85.3 Å². The van der Waals surface area contributed by atoms with Gasteiger partial charge in [0.1, 0.15) is 5.76 Å². The number of hydrogen-bond donors (Lipinski definition) is 2. The summed E-state index contributed by atoms with van der Waals surface area (Å²) < 4.78 is 43.9. The molecule has 3 N–H and O–H groups in total. The summed E-state index contributed by atoms with van der Waals surface area (Å²) in [7, 11) is 0. The van der Waals surface area contributed by atoms with Gasteiger partial charge in [-0.1, -0.05) is 23.7 Å². The lowest BCUT2D eigenvalue weighted by Crippen LogP contribution is -2.13. The quantitative estimate of drug-likeness (QED) is 0.639. The van der Waals surface area contributed by atoms with Gasteiger partial charge in [0, 0.05) is 11.3 Å². The predicted molar refractivity (Wildman–Crippen MR) is 97.1 cm³/mol. The number of furan rings is 1. The molecule has 0 aliphatic rings. The summed E-state index contributed by atoms with van der Waals surface area (Å²) in [6.07, 6.45) is -4.49. The minimum absolute atomic E-state index is 0.0643. The zero-order valence-corrected chi connectivity index (χ0v) is 14.8. The van der Waals surface area contributed by atoms with Crippen LogP contribution in [0.5, 0.6) is 0 Å². The normalized spacial score (nSPS) is 11.3. The van der Waals surface area contributed by atoms with Gasteiger partial charge >= 0.3 is 6.18 Å². The number of halogens is 4. The number of nitrogens with two attached hydrogens (primary N) is 1. The summed E-state index contributed by atoms with van der Waals surface area (Å²) in [5.74, 6) is -1.35. The molecule has 2 aromatic carbocycles. The molecule has 5 nitrogen and oxygen atoms in total. The second-order valence-electron chi connectivity index (χ2n) is 5.76. The second-order valence-corrected chi connectivity index (χ2v) is 6.16. The number of carbonyl (C=O) groups excluding carboxylic acids is 2. The molecule has 9 heteroatoms. The van der Waals surface area contributed by atoms with Crippen molar-refractivity contribution in [1.82, 2.24) is 0 Å². The number of alkyl halides is 3. The van der Waals surface area contributed by atoms with Gasteiger partial charge in [0.05, 0.1) is 16.1 Å². The Morgan fingerprint density at radius 1 is 1.04 bits per heavy atom. The highest BCUT2D eigenvalue weighted by atomic mass is 35.5. The molecule has 3 aromatic rings. The van der Waals surface area contributed by atoms with Crippen LogP contribution in [0.4, 0.5) is 18.9 Å². The summed E-state index contributed by atoms with van der Waals surface area (Å²) in [6.45, 7) is 0. The highest BCUT2D eigenvalue weighted by molar-refractivity contribution is 6.34. The standard InChI is InChI=1S/C19H12ClF3N2O3/c20-14-9-12(4-5-13(14)17(24)26)25-18(27)16-7-6-15(28-16)10-2-1-3-11(8-10)19(21,22)23/h1-9H,(H2,24,26)(H,25,27). The van der Waals surface area contributed by atoms with Crippen LogP contribution in [0.25, 0.3) is 11.3 Å². The van der Waals surface area contributed by atoms with E-state index in [0.717, 1.165) is 12.1 Å². The molecule has 0 saturated carbocycles. The summed E-state index contributed by atoms with van der Waals surface area (Å²) in [5.41, 5.74) is 4.91. The molecule has 0 saturated heterocycles. The van der Waals surface area contributed by atoms with Crippen LogP contribution in [0.1, 0.15) is 26.5 Å². The molecular formula is C19H12ClF3N2O3. The molecule has 0 spiro atoms. The summed E-state index contributed by atoms with van der Waals surface area (Å²) in [5, 5.41) is 2.58. The molecule has 0 fully saturated rings. The Balaban J connectivity index is 1.80. The van der Waals surface area contributed by atoms with Crippen LogP contribution in [0.2, 0.25) is 5.02 Å². The van der Waals surface area contributed by atoms with Crippen molar-refractivity contribution in [3.05, 3.63) is 76.5 Å². The van der Waals surface area contributed by atoms with Crippen LogP contribution in [-0.2, 0) is 6.18 Å². The van der Waals surface area contributed by atoms with Crippen molar-refractivity contribution in [2.45, 2.75) is 6.18 Å². The van der Waals surface area contributed by atoms with Crippen LogP contribution in [0, 0.1) is 0 Å². The maximum atomic E-state index is 12.8. The Morgan fingerprint density at radius 3 is 2.43 bits per heavy atom. The number of benzene rings is 2. The molecule has 0 aliphatic carbocycles. The van der Waals surface area contributed by atoms with Gasteiger partial charge in [-0.05, 0) is 42.5 Å². The molecule has 144 valence electrons. The molecule has 2 amide bonds. The minimum atomic E-state index is -4.49. The van der Waals surface area contributed by atoms with Crippen molar-refractivity contribution in [3.8, 4) is 11.3 Å². The fourth-order valence-electron chi connectivity index (χ4n) is 2.45. The van der Waals surface area contributed by atoms with Crippen molar-refractivity contribution in [3.63, 3.8) is 0 Å². The highest BCUT2D eigenvalue weighted by Crippen LogP contribution is 2.32. The zero-order valence-electron chi connectivity index (χ0n) is 14.0. The van der Waals surface area contributed by atoms with E-state index in [2.05, 4.69) is 5.32 Å². The SMILES string of the molecule is NC(=O)c1ccc(NC(=O)c2ccc(-c3cccc(C(F)(F)F)c3)o2)cc1Cl. The van der Waals surface area contributed by atoms with E-state index in [1.807, 2.05) is 0 Å². The monoisotopic (exact) mass is 408 g/mol. The van der Waals surface area contributed by atoms with E-state index in [9.17, 15) is 22.8 Å². The third kappa shape index (κ3) is 4.17. The Kier molecular flexibility index (Phi) is 5.15. The van der Waals surface area contributed by atoms with Crippen molar-refractivity contribution in [2.75, 3.05) is 5.32 Å². The lowest BCUT2D eigenvalue weighted by molar-refractivity contribution is -0.137. The average molecular weight is 409 g/mol. The van der Waals surface area contributed by atoms with E-state index in [1.165, 1.54) is 42.5 Å². The Morgan fingerprint density at radius 2 is 1.79 bits per heavy atom. The number of hydrogen-bond acceptors (Lipinski definition) is 3. The Bertz CT molecular complexity index is 1060. The number of nitrogens with one attached hydrogen (secondary N) is 1. The van der Waals surface area contributed by atoms with Crippen LogP contribution >= 0.6 is 11.6 Å². The molecule has 0 radical (unpaired) electrons. The number of rotatable bonds is 4. The first kappa shape index (κ1) is 19.5. The van der Waals surface area contributed by atoms with E-state index < -0.39 is 23.6 Å². The van der Waals surface area contributed by atoms with Gasteiger partial charge in [0.2, 0.25) is 5.91 Å². The second kappa shape index (κ2) is 7.40. The van der Waals surface area contributed by atoms with Crippen molar-refractivity contribution in [1.29, 1.82) is 0 Å². The molecule has 0 atom stereocenters. The third-order valence-electron chi connectivity index (χ3n) is 3.80. The molecular weight excluding hydrogens is 397 g/mol. The van der Waals surface area contributed by atoms with E-state index in [0.29, 0.717) is 0 Å². The van der Waals surface area contributed by atoms with E-state index in [-0.39, 0.29) is 33.4 Å². The molecule has 0 bridgehead atoms. The molecule has 3 rings (SSSR count). The number of amides is 2. The van der Waals surface area contributed by atoms with Crippen LogP contribution < -0.4 is 11.1 Å². The lowest BCUT2D eigenvalue weighted by atomic mass is 10.1. The summed E-state index contributed by atoms with van der Waals surface area (Å²) in [4.78, 5) is 23.5.